The molecular weight excluding hydrogens is 416 g/mol. The van der Waals surface area contributed by atoms with E-state index in [1.165, 1.54) is 42.8 Å². The maximum absolute atomic E-state index is 13.5. The second-order valence-corrected chi connectivity index (χ2v) is 10.2. The molecule has 2 saturated heterocycles. The zero-order chi connectivity index (χ0) is 21.9. The summed E-state index contributed by atoms with van der Waals surface area (Å²) in [6.45, 7) is 5.22. The van der Waals surface area contributed by atoms with Gasteiger partial charge in [0, 0.05) is 18.0 Å². The number of amides is 1. The van der Waals surface area contributed by atoms with Gasteiger partial charge >= 0.3 is 0 Å². The number of nitrogens with zero attached hydrogens (tertiary/aromatic N) is 2. The van der Waals surface area contributed by atoms with Crippen LogP contribution in [0.5, 0.6) is 5.75 Å². The van der Waals surface area contributed by atoms with E-state index < -0.39 is 0 Å². The van der Waals surface area contributed by atoms with E-state index >= 15 is 0 Å². The summed E-state index contributed by atoms with van der Waals surface area (Å²) in [5.74, 6) is 0.996. The molecule has 0 radical (unpaired) electrons. The number of rotatable bonds is 7. The Morgan fingerprint density at radius 2 is 1.78 bits per heavy atom. The summed E-state index contributed by atoms with van der Waals surface area (Å²) in [6.07, 6.45) is 9.33. The van der Waals surface area contributed by atoms with Gasteiger partial charge in [0.2, 0.25) is 5.91 Å². The molecule has 3 aliphatic rings. The summed E-state index contributed by atoms with van der Waals surface area (Å²) >= 11 is 1.73. The Labute approximate surface area is 196 Å². The Kier molecular flexibility index (Phi) is 6.74. The summed E-state index contributed by atoms with van der Waals surface area (Å²) in [6, 6.07) is 15.1. The van der Waals surface area contributed by atoms with Crippen molar-refractivity contribution in [3.8, 4) is 5.75 Å². The second kappa shape index (κ2) is 9.88. The van der Waals surface area contributed by atoms with E-state index in [0.717, 1.165) is 55.8 Å². The number of carbonyl (C=O) groups is 1. The summed E-state index contributed by atoms with van der Waals surface area (Å²) < 4.78 is 6.18. The van der Waals surface area contributed by atoms with Gasteiger partial charge in [0.1, 0.15) is 5.75 Å². The predicted molar refractivity (Wildman–Crippen MR) is 131 cm³/mol. The van der Waals surface area contributed by atoms with Gasteiger partial charge < -0.3 is 14.5 Å². The highest BCUT2D eigenvalue weighted by atomic mass is 32.2. The second-order valence-electron chi connectivity index (χ2n) is 9.29. The molecule has 0 N–H and O–H groups in total. The molecule has 2 aromatic rings. The maximum atomic E-state index is 13.5. The number of fused-ring (bicyclic) bond motifs is 3. The molecule has 2 aromatic carbocycles. The number of thioether (sulfide) groups is 1. The van der Waals surface area contributed by atoms with Gasteiger partial charge in [0.15, 0.2) is 0 Å². The van der Waals surface area contributed by atoms with Crippen molar-refractivity contribution in [2.24, 2.45) is 0 Å². The molecule has 0 spiro atoms. The van der Waals surface area contributed by atoms with E-state index in [1.807, 2.05) is 0 Å². The first kappa shape index (κ1) is 21.8. The standard InChI is InChI=1S/C27H34N2O2S/c1-32-22-11-8-20(9-12-22)26-23-13-10-21(31-18-6-16-28-14-3-2-4-15-28)19-24(23)25-7-5-17-29(25)27(26)30/h8-13,19,25-26H,2-7,14-18H2,1H3. The average Bonchev–Trinajstić information content (AvgIpc) is 3.34. The van der Waals surface area contributed by atoms with Crippen molar-refractivity contribution in [1.82, 2.24) is 9.80 Å². The number of hydrogen-bond acceptors (Lipinski definition) is 4. The molecule has 0 aromatic heterocycles. The molecular formula is C27H34N2O2S. The highest BCUT2D eigenvalue weighted by Gasteiger charge is 2.42. The Bertz CT molecular complexity index is 939. The van der Waals surface area contributed by atoms with Crippen molar-refractivity contribution in [2.75, 3.05) is 39.0 Å². The third-order valence-corrected chi connectivity index (χ3v) is 8.04. The average molecular weight is 451 g/mol. The third kappa shape index (κ3) is 4.42. The normalized spacial score (nSPS) is 23.2. The van der Waals surface area contributed by atoms with Crippen LogP contribution in [0.25, 0.3) is 0 Å². The van der Waals surface area contributed by atoms with Crippen molar-refractivity contribution in [2.45, 2.75) is 55.4 Å². The van der Waals surface area contributed by atoms with E-state index in [-0.39, 0.29) is 17.9 Å². The third-order valence-electron chi connectivity index (χ3n) is 7.30. The molecule has 2 unspecified atom stereocenters. The monoisotopic (exact) mass is 450 g/mol. The highest BCUT2D eigenvalue weighted by molar-refractivity contribution is 7.98. The van der Waals surface area contributed by atoms with Gasteiger partial charge in [-0.3, -0.25) is 4.79 Å². The van der Waals surface area contributed by atoms with Crippen LogP contribution in [0.3, 0.4) is 0 Å². The van der Waals surface area contributed by atoms with Crippen LogP contribution in [0.15, 0.2) is 47.4 Å². The van der Waals surface area contributed by atoms with Crippen molar-refractivity contribution in [3.05, 3.63) is 59.2 Å². The number of benzene rings is 2. The van der Waals surface area contributed by atoms with Crippen LogP contribution in [0.4, 0.5) is 0 Å². The van der Waals surface area contributed by atoms with Gasteiger partial charge in [-0.1, -0.05) is 24.6 Å². The summed E-state index contributed by atoms with van der Waals surface area (Å²) in [7, 11) is 0. The van der Waals surface area contributed by atoms with E-state index in [0.29, 0.717) is 0 Å². The van der Waals surface area contributed by atoms with Crippen LogP contribution >= 0.6 is 11.8 Å². The molecule has 2 fully saturated rings. The molecule has 3 heterocycles. The summed E-state index contributed by atoms with van der Waals surface area (Å²) in [5.41, 5.74) is 3.54. The topological polar surface area (TPSA) is 32.8 Å². The minimum atomic E-state index is -0.205. The van der Waals surface area contributed by atoms with Crippen molar-refractivity contribution in [3.63, 3.8) is 0 Å². The molecule has 3 aliphatic heterocycles. The number of ether oxygens (including phenoxy) is 1. The lowest BCUT2D eigenvalue weighted by Gasteiger charge is -2.37. The molecule has 1 amide bonds. The van der Waals surface area contributed by atoms with E-state index in [1.54, 1.807) is 11.8 Å². The number of carbonyl (C=O) groups excluding carboxylic acids is 1. The van der Waals surface area contributed by atoms with E-state index in [4.69, 9.17) is 4.74 Å². The Morgan fingerprint density at radius 1 is 0.969 bits per heavy atom. The van der Waals surface area contributed by atoms with Crippen molar-refractivity contribution < 1.29 is 9.53 Å². The van der Waals surface area contributed by atoms with Crippen molar-refractivity contribution >= 4 is 17.7 Å². The maximum Gasteiger partial charge on any atom is 0.235 e. The van der Waals surface area contributed by atoms with Crippen LogP contribution in [-0.4, -0.2) is 54.7 Å². The van der Waals surface area contributed by atoms with Crippen LogP contribution in [0.2, 0.25) is 0 Å². The summed E-state index contributed by atoms with van der Waals surface area (Å²) in [4.78, 5) is 19.4. The first-order chi connectivity index (χ1) is 15.7. The molecule has 5 heteroatoms. The minimum Gasteiger partial charge on any atom is -0.494 e. The number of piperidine rings is 1. The molecule has 2 atom stereocenters. The van der Waals surface area contributed by atoms with Crippen molar-refractivity contribution in [1.29, 1.82) is 0 Å². The largest absolute Gasteiger partial charge is 0.494 e. The smallest absolute Gasteiger partial charge is 0.235 e. The molecule has 0 bridgehead atoms. The molecule has 4 nitrogen and oxygen atoms in total. The fourth-order valence-electron chi connectivity index (χ4n) is 5.63. The summed E-state index contributed by atoms with van der Waals surface area (Å²) in [5, 5.41) is 0. The van der Waals surface area contributed by atoms with E-state index in [9.17, 15) is 4.79 Å². The lowest BCUT2D eigenvalue weighted by Crippen LogP contribution is -2.40. The van der Waals surface area contributed by atoms with Gasteiger partial charge in [-0.25, -0.2) is 0 Å². The van der Waals surface area contributed by atoms with Crippen LogP contribution in [0, 0.1) is 0 Å². The SMILES string of the molecule is CSc1ccc(C2C(=O)N3CCCC3c3cc(OCCCN4CCCCC4)ccc32)cc1. The van der Waals surface area contributed by atoms with Crippen LogP contribution < -0.4 is 4.74 Å². The van der Waals surface area contributed by atoms with E-state index in [2.05, 4.69) is 58.5 Å². The molecule has 0 saturated carbocycles. The minimum absolute atomic E-state index is 0.205. The van der Waals surface area contributed by atoms with Gasteiger partial charge in [-0.05, 0) is 92.4 Å². The van der Waals surface area contributed by atoms with Gasteiger partial charge in [-0.2, -0.15) is 0 Å². The highest BCUT2D eigenvalue weighted by Crippen LogP contribution is 2.46. The lowest BCUT2D eigenvalue weighted by atomic mass is 9.81. The quantitative estimate of drug-likeness (QED) is 0.414. The predicted octanol–water partition coefficient (Wildman–Crippen LogP) is 5.47. The van der Waals surface area contributed by atoms with Crippen LogP contribution in [0.1, 0.15) is 67.2 Å². The fraction of sp³-hybridized carbons (Fsp3) is 0.519. The number of hydrogen-bond donors (Lipinski definition) is 0. The zero-order valence-corrected chi connectivity index (χ0v) is 19.9. The molecule has 5 rings (SSSR count). The zero-order valence-electron chi connectivity index (χ0n) is 19.1. The molecule has 32 heavy (non-hydrogen) atoms. The van der Waals surface area contributed by atoms with Crippen LogP contribution in [-0.2, 0) is 4.79 Å². The van der Waals surface area contributed by atoms with Gasteiger partial charge in [-0.15, -0.1) is 11.8 Å². The van der Waals surface area contributed by atoms with Gasteiger partial charge in [0.05, 0.1) is 18.6 Å². The fourth-order valence-corrected chi connectivity index (χ4v) is 6.03. The Balaban J connectivity index is 1.33. The van der Waals surface area contributed by atoms with Gasteiger partial charge in [0.25, 0.3) is 0 Å². The first-order valence-corrected chi connectivity index (χ1v) is 13.4. The first-order valence-electron chi connectivity index (χ1n) is 12.2. The lowest BCUT2D eigenvalue weighted by molar-refractivity contribution is -0.133. The molecule has 0 aliphatic carbocycles. The molecule has 170 valence electrons. The Hall–Kier alpha value is -1.98. The Morgan fingerprint density at radius 3 is 2.56 bits per heavy atom. The number of likely N-dealkylation sites (tertiary alicyclic amines) is 1.